The maximum absolute atomic E-state index is 12.7. The highest BCUT2D eigenvalue weighted by molar-refractivity contribution is 5.76. The van der Waals surface area contributed by atoms with Gasteiger partial charge < -0.3 is 5.32 Å². The normalized spacial score (nSPS) is 18.3. The summed E-state index contributed by atoms with van der Waals surface area (Å²) in [6, 6.07) is 6.18. The van der Waals surface area contributed by atoms with E-state index in [4.69, 9.17) is 0 Å². The minimum Gasteiger partial charge on any atom is -0.352 e. The predicted molar refractivity (Wildman–Crippen MR) is 64.7 cm³/mol. The maximum Gasteiger partial charge on any atom is 0.220 e. The number of carbonyl (C=O) groups is 1. The van der Waals surface area contributed by atoms with Gasteiger partial charge in [0, 0.05) is 13.0 Å². The molecule has 1 atom stereocenters. The summed E-state index contributed by atoms with van der Waals surface area (Å²) in [5.74, 6) is 0.199. The standard InChI is InChI=1S/C14H16FNO/c15-13-7-5-12(6-8-13)10-16-14(17)9-11-3-1-2-4-11/h1,3,5-8,11H,2,4,9-10H2,(H,16,17). The molecule has 0 spiro atoms. The summed E-state index contributed by atoms with van der Waals surface area (Å²) < 4.78 is 12.7. The van der Waals surface area contributed by atoms with Crippen LogP contribution in [0.3, 0.4) is 0 Å². The van der Waals surface area contributed by atoms with E-state index in [1.807, 2.05) is 0 Å². The lowest BCUT2D eigenvalue weighted by Crippen LogP contribution is -2.24. The van der Waals surface area contributed by atoms with Gasteiger partial charge in [0.05, 0.1) is 0 Å². The summed E-state index contributed by atoms with van der Waals surface area (Å²) in [7, 11) is 0. The zero-order valence-electron chi connectivity index (χ0n) is 9.66. The second-order valence-electron chi connectivity index (χ2n) is 4.37. The minimum atomic E-state index is -0.254. The van der Waals surface area contributed by atoms with Crippen LogP contribution in [0.1, 0.15) is 24.8 Å². The molecule has 1 aromatic rings. The van der Waals surface area contributed by atoms with E-state index in [0.29, 0.717) is 18.9 Å². The summed E-state index contributed by atoms with van der Waals surface area (Å²) in [6.07, 6.45) is 6.94. The van der Waals surface area contributed by atoms with Crippen LogP contribution >= 0.6 is 0 Å². The molecule has 2 nitrogen and oxygen atoms in total. The second kappa shape index (κ2) is 5.62. The Morgan fingerprint density at radius 1 is 1.35 bits per heavy atom. The van der Waals surface area contributed by atoms with E-state index >= 15 is 0 Å². The van der Waals surface area contributed by atoms with Gasteiger partial charge in [0.15, 0.2) is 0 Å². The zero-order valence-corrected chi connectivity index (χ0v) is 9.66. The molecule has 1 aromatic carbocycles. The SMILES string of the molecule is O=C(CC1C=CCC1)NCc1ccc(F)cc1. The van der Waals surface area contributed by atoms with E-state index in [-0.39, 0.29) is 11.7 Å². The van der Waals surface area contributed by atoms with Crippen LogP contribution in [0.15, 0.2) is 36.4 Å². The molecule has 90 valence electrons. The molecule has 0 aromatic heterocycles. The number of benzene rings is 1. The minimum absolute atomic E-state index is 0.0610. The molecule has 1 N–H and O–H groups in total. The fourth-order valence-corrected chi connectivity index (χ4v) is 1.98. The fraction of sp³-hybridized carbons (Fsp3) is 0.357. The monoisotopic (exact) mass is 233 g/mol. The van der Waals surface area contributed by atoms with E-state index in [1.54, 1.807) is 12.1 Å². The van der Waals surface area contributed by atoms with E-state index in [1.165, 1.54) is 12.1 Å². The van der Waals surface area contributed by atoms with Gasteiger partial charge in [-0.15, -0.1) is 0 Å². The zero-order chi connectivity index (χ0) is 12.1. The Balaban J connectivity index is 1.75. The van der Waals surface area contributed by atoms with Crippen molar-refractivity contribution in [2.45, 2.75) is 25.8 Å². The number of amides is 1. The van der Waals surface area contributed by atoms with Crippen molar-refractivity contribution in [3.05, 3.63) is 47.8 Å². The Kier molecular flexibility index (Phi) is 3.91. The molecule has 2 rings (SSSR count). The van der Waals surface area contributed by atoms with Crippen LogP contribution in [0.4, 0.5) is 4.39 Å². The Morgan fingerprint density at radius 2 is 2.12 bits per heavy atom. The smallest absolute Gasteiger partial charge is 0.220 e. The van der Waals surface area contributed by atoms with Crippen molar-refractivity contribution >= 4 is 5.91 Å². The Bertz CT molecular complexity index is 411. The van der Waals surface area contributed by atoms with Crippen LogP contribution in [-0.4, -0.2) is 5.91 Å². The summed E-state index contributed by atoms with van der Waals surface area (Å²) in [4.78, 5) is 11.6. The van der Waals surface area contributed by atoms with E-state index < -0.39 is 0 Å². The van der Waals surface area contributed by atoms with Crippen LogP contribution in [0.2, 0.25) is 0 Å². The molecule has 0 fully saturated rings. The fourth-order valence-electron chi connectivity index (χ4n) is 1.98. The molecule has 1 aliphatic carbocycles. The third-order valence-corrected chi connectivity index (χ3v) is 2.96. The molecule has 0 radical (unpaired) electrons. The first-order valence-corrected chi connectivity index (χ1v) is 5.92. The number of carbonyl (C=O) groups excluding carboxylic acids is 1. The lowest BCUT2D eigenvalue weighted by Gasteiger charge is -2.08. The molecular formula is C14H16FNO. The largest absolute Gasteiger partial charge is 0.352 e. The highest BCUT2D eigenvalue weighted by Gasteiger charge is 2.13. The van der Waals surface area contributed by atoms with Gasteiger partial charge in [0.1, 0.15) is 5.82 Å². The van der Waals surface area contributed by atoms with Gasteiger partial charge in [-0.05, 0) is 36.5 Å². The van der Waals surface area contributed by atoms with Crippen molar-refractivity contribution in [1.82, 2.24) is 5.32 Å². The second-order valence-corrected chi connectivity index (χ2v) is 4.37. The first-order valence-electron chi connectivity index (χ1n) is 5.92. The lowest BCUT2D eigenvalue weighted by molar-refractivity contribution is -0.121. The van der Waals surface area contributed by atoms with Gasteiger partial charge in [0.25, 0.3) is 0 Å². The van der Waals surface area contributed by atoms with E-state index in [9.17, 15) is 9.18 Å². The highest BCUT2D eigenvalue weighted by Crippen LogP contribution is 2.19. The van der Waals surface area contributed by atoms with Gasteiger partial charge in [-0.3, -0.25) is 4.79 Å². The quantitative estimate of drug-likeness (QED) is 0.796. The van der Waals surface area contributed by atoms with Crippen LogP contribution in [0, 0.1) is 11.7 Å². The molecule has 1 amide bonds. The summed E-state index contributed by atoms with van der Waals surface area (Å²) in [5, 5.41) is 2.85. The molecule has 0 bridgehead atoms. The van der Waals surface area contributed by atoms with Gasteiger partial charge in [-0.2, -0.15) is 0 Å². The molecular weight excluding hydrogens is 217 g/mol. The first-order chi connectivity index (χ1) is 8.24. The Morgan fingerprint density at radius 3 is 2.76 bits per heavy atom. The van der Waals surface area contributed by atoms with E-state index in [0.717, 1.165) is 18.4 Å². The molecule has 0 aliphatic heterocycles. The number of hydrogen-bond acceptors (Lipinski definition) is 1. The predicted octanol–water partition coefficient (Wildman–Crippen LogP) is 2.80. The maximum atomic E-state index is 12.7. The third kappa shape index (κ3) is 3.70. The number of rotatable bonds is 4. The average Bonchev–Trinajstić information content (AvgIpc) is 2.81. The van der Waals surface area contributed by atoms with Crippen molar-refractivity contribution in [3.63, 3.8) is 0 Å². The number of halogens is 1. The van der Waals surface area contributed by atoms with Crippen LogP contribution < -0.4 is 5.32 Å². The van der Waals surface area contributed by atoms with Gasteiger partial charge in [-0.25, -0.2) is 4.39 Å². The number of hydrogen-bond donors (Lipinski definition) is 1. The Labute approximate surface area is 101 Å². The van der Waals surface area contributed by atoms with Crippen LogP contribution in [0.25, 0.3) is 0 Å². The van der Waals surface area contributed by atoms with Crippen molar-refractivity contribution in [2.24, 2.45) is 5.92 Å². The highest BCUT2D eigenvalue weighted by atomic mass is 19.1. The van der Waals surface area contributed by atoms with Crippen LogP contribution in [-0.2, 0) is 11.3 Å². The van der Waals surface area contributed by atoms with Crippen molar-refractivity contribution in [1.29, 1.82) is 0 Å². The molecule has 0 saturated heterocycles. The Hall–Kier alpha value is -1.64. The van der Waals surface area contributed by atoms with Crippen LogP contribution in [0.5, 0.6) is 0 Å². The van der Waals surface area contributed by atoms with Crippen molar-refractivity contribution in [2.75, 3.05) is 0 Å². The first kappa shape index (κ1) is 11.8. The number of allylic oxidation sites excluding steroid dienone is 2. The average molecular weight is 233 g/mol. The van der Waals surface area contributed by atoms with Crippen molar-refractivity contribution in [3.8, 4) is 0 Å². The summed E-state index contributed by atoms with van der Waals surface area (Å²) >= 11 is 0. The van der Waals surface area contributed by atoms with Gasteiger partial charge in [0.2, 0.25) is 5.91 Å². The third-order valence-electron chi connectivity index (χ3n) is 2.96. The molecule has 3 heteroatoms. The number of nitrogens with one attached hydrogen (secondary N) is 1. The van der Waals surface area contributed by atoms with Gasteiger partial charge in [-0.1, -0.05) is 24.3 Å². The van der Waals surface area contributed by atoms with Gasteiger partial charge >= 0.3 is 0 Å². The summed E-state index contributed by atoms with van der Waals surface area (Å²) in [6.45, 7) is 0.468. The molecule has 0 saturated carbocycles. The molecule has 1 aliphatic rings. The topological polar surface area (TPSA) is 29.1 Å². The lowest BCUT2D eigenvalue weighted by atomic mass is 10.1. The summed E-state index contributed by atoms with van der Waals surface area (Å²) in [5.41, 5.74) is 0.918. The van der Waals surface area contributed by atoms with E-state index in [2.05, 4.69) is 17.5 Å². The molecule has 1 unspecified atom stereocenters. The molecule has 17 heavy (non-hydrogen) atoms. The van der Waals surface area contributed by atoms with Crippen molar-refractivity contribution < 1.29 is 9.18 Å². The molecule has 0 heterocycles.